The van der Waals surface area contributed by atoms with Gasteiger partial charge in [0.1, 0.15) is 29.7 Å². The van der Waals surface area contributed by atoms with Crippen LogP contribution >= 0.6 is 0 Å². The molecule has 140 valence electrons. The number of carbonyl (C=O) groups excluding carboxylic acids is 2. The van der Waals surface area contributed by atoms with Crippen molar-refractivity contribution < 1.29 is 28.9 Å². The Balaban J connectivity index is 1.48. The van der Waals surface area contributed by atoms with Gasteiger partial charge in [0.25, 0.3) is 0 Å². The van der Waals surface area contributed by atoms with Crippen molar-refractivity contribution in [2.45, 2.75) is 69.5 Å². The molecule has 0 amide bonds. The molecule has 0 aromatic rings. The van der Waals surface area contributed by atoms with Gasteiger partial charge in [0, 0.05) is 16.9 Å². The fourth-order valence-corrected chi connectivity index (χ4v) is 7.15. The van der Waals surface area contributed by atoms with Crippen LogP contribution in [0.25, 0.3) is 0 Å². The Morgan fingerprint density at radius 1 is 1.31 bits per heavy atom. The maximum absolute atomic E-state index is 12.9. The summed E-state index contributed by atoms with van der Waals surface area (Å²) in [4.78, 5) is 25.0. The van der Waals surface area contributed by atoms with E-state index in [4.69, 9.17) is 14.2 Å². The minimum Gasteiger partial charge on any atom is -0.458 e. The van der Waals surface area contributed by atoms with E-state index in [1.54, 1.807) is 0 Å². The number of Topliss-reactive ketones (excluding diaryl/α,β-unsaturated/α-hetero) is 1. The number of ketones is 1. The van der Waals surface area contributed by atoms with Crippen LogP contribution in [-0.2, 0) is 23.8 Å². The molecular formula is C20H24O6. The van der Waals surface area contributed by atoms with E-state index in [9.17, 15) is 14.7 Å². The van der Waals surface area contributed by atoms with Crippen LogP contribution in [0, 0.1) is 23.2 Å². The van der Waals surface area contributed by atoms with Crippen molar-refractivity contribution in [1.82, 2.24) is 0 Å². The summed E-state index contributed by atoms with van der Waals surface area (Å²) in [5, 5.41) is 11.0. The molecule has 2 saturated carbocycles. The van der Waals surface area contributed by atoms with Crippen LogP contribution < -0.4 is 0 Å². The van der Waals surface area contributed by atoms with Crippen molar-refractivity contribution >= 4 is 11.8 Å². The van der Waals surface area contributed by atoms with E-state index in [2.05, 4.69) is 6.92 Å². The molecule has 2 saturated heterocycles. The lowest BCUT2D eigenvalue weighted by Crippen LogP contribution is -2.59. The number of epoxide rings is 2. The molecule has 1 N–H and O–H groups in total. The van der Waals surface area contributed by atoms with Crippen molar-refractivity contribution in [1.29, 1.82) is 0 Å². The predicted molar refractivity (Wildman–Crippen MR) is 88.0 cm³/mol. The highest BCUT2D eigenvalue weighted by molar-refractivity contribution is 5.92. The molecule has 6 aliphatic rings. The van der Waals surface area contributed by atoms with Crippen LogP contribution in [0.3, 0.4) is 0 Å². The third-order valence-corrected chi connectivity index (χ3v) is 8.36. The van der Waals surface area contributed by atoms with E-state index >= 15 is 0 Å². The molecule has 6 heteroatoms. The average Bonchev–Trinajstić information content (AvgIpc) is 3.45. The van der Waals surface area contributed by atoms with Crippen LogP contribution in [0.15, 0.2) is 11.1 Å². The number of hydrogen-bond donors (Lipinski definition) is 1. The topological polar surface area (TPSA) is 88.7 Å². The second kappa shape index (κ2) is 4.26. The van der Waals surface area contributed by atoms with Crippen LogP contribution in [0.5, 0.6) is 0 Å². The van der Waals surface area contributed by atoms with E-state index in [1.165, 1.54) is 0 Å². The quantitative estimate of drug-likeness (QED) is 0.587. The number of carbonyl (C=O) groups is 2. The Hall–Kier alpha value is -1.24. The highest BCUT2D eigenvalue weighted by atomic mass is 16.7. The zero-order valence-electron chi connectivity index (χ0n) is 15.3. The first-order valence-corrected chi connectivity index (χ1v) is 9.76. The number of esters is 1. The second-order valence-corrected chi connectivity index (χ2v) is 9.48. The average molecular weight is 360 g/mol. The number of ether oxygens (including phenoxy) is 3. The molecule has 6 rings (SSSR count). The van der Waals surface area contributed by atoms with Crippen molar-refractivity contribution in [3.8, 4) is 0 Å². The molecule has 26 heavy (non-hydrogen) atoms. The van der Waals surface area contributed by atoms with Crippen LogP contribution in [0.1, 0.15) is 40.0 Å². The van der Waals surface area contributed by atoms with Gasteiger partial charge in [-0.2, -0.15) is 0 Å². The molecule has 0 bridgehead atoms. The van der Waals surface area contributed by atoms with Gasteiger partial charge >= 0.3 is 5.97 Å². The summed E-state index contributed by atoms with van der Waals surface area (Å²) in [5.74, 6) is -0.590. The van der Waals surface area contributed by atoms with Crippen molar-refractivity contribution in [3.63, 3.8) is 0 Å². The zero-order chi connectivity index (χ0) is 18.2. The molecular weight excluding hydrogens is 336 g/mol. The third-order valence-electron chi connectivity index (χ3n) is 8.36. The summed E-state index contributed by atoms with van der Waals surface area (Å²) in [6.07, 6.45) is 1.03. The first-order chi connectivity index (χ1) is 12.3. The largest absolute Gasteiger partial charge is 0.458 e. The predicted octanol–water partition coefficient (Wildman–Crippen LogP) is 1.15. The van der Waals surface area contributed by atoms with Gasteiger partial charge in [-0.15, -0.1) is 0 Å². The molecule has 2 spiro atoms. The van der Waals surface area contributed by atoms with Gasteiger partial charge in [0.15, 0.2) is 0 Å². The Bertz CT molecular complexity index is 800. The summed E-state index contributed by atoms with van der Waals surface area (Å²) in [6, 6.07) is 0. The first kappa shape index (κ1) is 15.8. The lowest BCUT2D eigenvalue weighted by molar-refractivity contribution is -0.137. The summed E-state index contributed by atoms with van der Waals surface area (Å²) in [6.45, 7) is 6.34. The molecule has 4 fully saturated rings. The maximum atomic E-state index is 12.9. The number of aliphatic hydroxyl groups is 1. The Kier molecular flexibility index (Phi) is 2.59. The number of aliphatic hydroxyl groups excluding tert-OH is 1. The lowest BCUT2D eigenvalue weighted by atomic mass is 9.50. The highest BCUT2D eigenvalue weighted by Crippen LogP contribution is 2.81. The van der Waals surface area contributed by atoms with Crippen molar-refractivity contribution in [2.75, 3.05) is 6.61 Å². The number of fused-ring (bicyclic) bond motifs is 2. The molecule has 3 aliphatic heterocycles. The zero-order valence-corrected chi connectivity index (χ0v) is 15.3. The van der Waals surface area contributed by atoms with Gasteiger partial charge in [-0.25, -0.2) is 4.79 Å². The van der Waals surface area contributed by atoms with Gasteiger partial charge in [-0.3, -0.25) is 4.79 Å². The summed E-state index contributed by atoms with van der Waals surface area (Å²) in [5.41, 5.74) is 0.411. The molecule has 0 aromatic carbocycles. The lowest BCUT2D eigenvalue weighted by Gasteiger charge is -2.50. The molecule has 3 heterocycles. The normalized spacial score (nSPS) is 55.6. The van der Waals surface area contributed by atoms with E-state index in [1.807, 2.05) is 13.8 Å². The fraction of sp³-hybridized carbons (Fsp3) is 0.800. The van der Waals surface area contributed by atoms with Crippen LogP contribution in [0.2, 0.25) is 0 Å². The molecule has 6 nitrogen and oxygen atoms in total. The van der Waals surface area contributed by atoms with Gasteiger partial charge in [-0.05, 0) is 30.8 Å². The Morgan fingerprint density at radius 3 is 2.81 bits per heavy atom. The van der Waals surface area contributed by atoms with Crippen LogP contribution in [0.4, 0.5) is 0 Å². The van der Waals surface area contributed by atoms with E-state index in [0.29, 0.717) is 13.0 Å². The molecule has 3 aliphatic carbocycles. The summed E-state index contributed by atoms with van der Waals surface area (Å²) < 4.78 is 17.8. The number of cyclic esters (lactones) is 1. The molecule has 0 aromatic heterocycles. The SMILES string of the molecule is CC(C)C(=O)[C@H]1[C@@H](O)[C@@H]2O[C@]23[C@]12O[C@H]2C[C@H]1C2=C(CC[C@@]13C)C(=O)OC2. The van der Waals surface area contributed by atoms with E-state index in [-0.39, 0.29) is 41.2 Å². The van der Waals surface area contributed by atoms with E-state index in [0.717, 1.165) is 24.0 Å². The Morgan fingerprint density at radius 2 is 2.08 bits per heavy atom. The summed E-state index contributed by atoms with van der Waals surface area (Å²) >= 11 is 0. The maximum Gasteiger partial charge on any atom is 0.334 e. The molecule has 0 unspecified atom stereocenters. The number of hydrogen-bond acceptors (Lipinski definition) is 6. The number of rotatable bonds is 2. The Labute approximate surface area is 151 Å². The monoisotopic (exact) mass is 360 g/mol. The minimum absolute atomic E-state index is 0.0762. The summed E-state index contributed by atoms with van der Waals surface area (Å²) in [7, 11) is 0. The van der Waals surface area contributed by atoms with Gasteiger partial charge in [0.05, 0.1) is 18.1 Å². The minimum atomic E-state index is -0.803. The standard InChI is InChI=1S/C20H24O6/c1-8(2)14(21)13-15(22)16-20(26-16)18(3)5-4-9-10(7-24-17(9)23)11(18)6-12-19(13,20)25-12/h8,11-13,15-16,22H,4-7H2,1-3H3/t11-,12-,13-,15+,16-,18-,19+,20+/m0/s1. The van der Waals surface area contributed by atoms with Gasteiger partial charge in [-0.1, -0.05) is 20.8 Å². The van der Waals surface area contributed by atoms with E-state index < -0.39 is 23.2 Å². The highest BCUT2D eigenvalue weighted by Gasteiger charge is 2.97. The molecule has 0 radical (unpaired) electrons. The van der Waals surface area contributed by atoms with Crippen molar-refractivity contribution in [3.05, 3.63) is 11.1 Å². The van der Waals surface area contributed by atoms with Crippen LogP contribution in [-0.4, -0.2) is 53.0 Å². The first-order valence-electron chi connectivity index (χ1n) is 9.76. The molecule has 8 atom stereocenters. The smallest absolute Gasteiger partial charge is 0.334 e. The fourth-order valence-electron chi connectivity index (χ4n) is 7.15. The third kappa shape index (κ3) is 1.34. The van der Waals surface area contributed by atoms with Gasteiger partial charge in [0.2, 0.25) is 0 Å². The van der Waals surface area contributed by atoms with Gasteiger partial charge < -0.3 is 19.3 Å². The second-order valence-electron chi connectivity index (χ2n) is 9.48. The van der Waals surface area contributed by atoms with Crippen molar-refractivity contribution in [2.24, 2.45) is 23.2 Å².